The molecule has 0 spiro atoms. The van der Waals surface area contributed by atoms with Crippen LogP contribution in [0.25, 0.3) is 21.6 Å². The summed E-state index contributed by atoms with van der Waals surface area (Å²) in [5.41, 5.74) is 14.8. The fourth-order valence-corrected chi connectivity index (χ4v) is 9.10. The van der Waals surface area contributed by atoms with E-state index < -0.39 is 0 Å². The molecule has 4 aromatic rings. The van der Waals surface area contributed by atoms with Crippen LogP contribution < -0.4 is 0 Å². The average molecular weight is 928 g/mol. The van der Waals surface area contributed by atoms with Crippen molar-refractivity contribution in [1.82, 2.24) is 0 Å². The second-order valence-electron chi connectivity index (χ2n) is 15.6. The summed E-state index contributed by atoms with van der Waals surface area (Å²) in [7, 11) is 0. The summed E-state index contributed by atoms with van der Waals surface area (Å²) in [5, 5.41) is 0. The molecule has 0 atom stereocenters. The topological polar surface area (TPSA) is 0 Å². The van der Waals surface area contributed by atoms with Gasteiger partial charge in [0, 0.05) is 9.80 Å². The second kappa shape index (κ2) is 18.5. The molecule has 0 saturated carbocycles. The van der Waals surface area contributed by atoms with Crippen LogP contribution >= 0.6 is 11.8 Å². The van der Waals surface area contributed by atoms with Gasteiger partial charge in [-0.2, -0.15) is 0 Å². The van der Waals surface area contributed by atoms with Gasteiger partial charge in [0.25, 0.3) is 0 Å². The standard InChI is InChI=1S/C48H49S2.C2H6.Pb/c1-8-33(41-21-12-14-23-43(41)49)25-26-35-19-16-20-36(46(35)38-29-39(47(2,3)4)32-40(30-38)48(5,6)7)27-28-37-31-45(34-17-10-9-11-18-34)50-44-24-15-13-22-42(37)44;1-2;/h8-15,17-18,21-32,49H,1,16,19-20H2,2-7H3;1-2H3;/p+1/b26-25+,33-8-,36-27+,37-28+;;. The molecule has 53 heavy (non-hydrogen) atoms. The Morgan fingerprint density at radius 3 is 2.06 bits per heavy atom. The predicted octanol–water partition coefficient (Wildman–Crippen LogP) is 14.0. The quantitative estimate of drug-likeness (QED) is 0.101. The molecule has 1 aliphatic heterocycles. The molecule has 0 fully saturated rings. The van der Waals surface area contributed by atoms with Crippen molar-refractivity contribution in [1.29, 1.82) is 0 Å². The first-order valence-corrected chi connectivity index (χ1v) is 23.2. The van der Waals surface area contributed by atoms with Crippen LogP contribution in [-0.2, 0) is 23.5 Å². The maximum atomic E-state index is 3.90. The molecule has 0 aromatic heterocycles. The van der Waals surface area contributed by atoms with Crippen LogP contribution in [0.15, 0.2) is 154 Å². The van der Waals surface area contributed by atoms with E-state index in [4.69, 9.17) is 0 Å². The Balaban J connectivity index is 0.00000266. The number of rotatable bonds is 7. The van der Waals surface area contributed by atoms with Crippen molar-refractivity contribution in [2.45, 2.75) is 99.3 Å². The van der Waals surface area contributed by atoms with Crippen molar-refractivity contribution in [2.75, 3.05) is 0 Å². The summed E-state index contributed by atoms with van der Waals surface area (Å²) in [6.45, 7) is 18.0. The van der Waals surface area contributed by atoms with E-state index in [2.05, 4.69) is 188 Å². The van der Waals surface area contributed by atoms with Crippen LogP contribution in [0.3, 0.4) is 0 Å². The molecule has 3 radical (unpaired) electrons. The van der Waals surface area contributed by atoms with Gasteiger partial charge >= 0.3 is 254 Å². The Bertz CT molecular complexity index is 2060. The number of benzene rings is 4. The van der Waals surface area contributed by atoms with E-state index in [1.165, 1.54) is 71.0 Å². The van der Waals surface area contributed by atoms with Crippen molar-refractivity contribution < 1.29 is 0 Å². The zero-order chi connectivity index (χ0) is 38.2. The average Bonchev–Trinajstić information content (AvgIpc) is 3.16. The molecule has 1 heterocycles. The fraction of sp³-hybridized carbons (Fsp3) is 0.280. The van der Waals surface area contributed by atoms with E-state index in [0.717, 1.165) is 53.9 Å². The van der Waals surface area contributed by atoms with Crippen LogP contribution in [0.4, 0.5) is 0 Å². The molecule has 0 amide bonds. The molecule has 0 N–H and O–H groups in total. The zero-order valence-corrected chi connectivity index (χ0v) is 38.6. The Hall–Kier alpha value is -3.06. The molecule has 0 saturated heterocycles. The third-order valence-corrected chi connectivity index (χ3v) is 12.1. The van der Waals surface area contributed by atoms with Crippen molar-refractivity contribution in [3.63, 3.8) is 0 Å². The van der Waals surface area contributed by atoms with E-state index >= 15 is 0 Å². The van der Waals surface area contributed by atoms with E-state index in [-0.39, 0.29) is 10.8 Å². The van der Waals surface area contributed by atoms with Crippen molar-refractivity contribution in [2.24, 2.45) is 0 Å². The monoisotopic (exact) mass is 928 g/mol. The molecule has 3 heteroatoms. The molecular weight excluding hydrogens is 872 g/mol. The molecule has 0 nitrogen and oxygen atoms in total. The normalized spacial score (nSPS) is 16.8. The van der Waals surface area contributed by atoms with Crippen molar-refractivity contribution >= 4 is 71.8 Å². The van der Waals surface area contributed by atoms with Crippen LogP contribution in [0.1, 0.15) is 108 Å². The van der Waals surface area contributed by atoms with E-state index in [1.54, 1.807) is 0 Å². The first kappa shape index (κ1) is 41.1. The van der Waals surface area contributed by atoms with Crippen molar-refractivity contribution in [3.8, 4) is 0 Å². The Morgan fingerprint density at radius 2 is 1.40 bits per heavy atom. The number of allylic oxidation sites excluding steroid dienone is 11. The third kappa shape index (κ3) is 10.4. The number of hydrogen-bond donors (Lipinski definition) is 0. The van der Waals surface area contributed by atoms with Crippen LogP contribution in [0, 0.1) is 0 Å². The van der Waals surface area contributed by atoms with Crippen molar-refractivity contribution in [3.05, 3.63) is 178 Å². The van der Waals surface area contributed by atoms with Gasteiger partial charge in [0.1, 0.15) is 0 Å². The number of hydrogen-bond acceptors (Lipinski definition) is 1. The van der Waals surface area contributed by atoms with Gasteiger partial charge in [-0.3, -0.25) is 0 Å². The SMILES string of the molecule is CC.CC(C)(C)c1cc(C2=C(/C=C/C(=C/[CH2][Pb])c3ccccc3[SH2+])CCC/C2=C\C=C2/C=C(c3ccccc3)Sc3ccccc32)cc(C(C)(C)C)c1. The summed E-state index contributed by atoms with van der Waals surface area (Å²) in [4.78, 5) is 3.74. The van der Waals surface area contributed by atoms with Crippen LogP contribution in [0.5, 0.6) is 0 Å². The zero-order valence-electron chi connectivity index (χ0n) is 32.9. The third-order valence-electron chi connectivity index (χ3n) is 9.74. The summed E-state index contributed by atoms with van der Waals surface area (Å²) in [5.74, 6) is 0. The molecule has 0 bridgehead atoms. The first-order valence-electron chi connectivity index (χ1n) is 19.1. The minimum atomic E-state index is 0.0372. The molecule has 2 aliphatic rings. The Labute approximate surface area is 346 Å². The second-order valence-corrected chi connectivity index (χ2v) is 18.8. The molecule has 1 aliphatic carbocycles. The van der Waals surface area contributed by atoms with Gasteiger partial charge in [0.15, 0.2) is 0 Å². The first-order chi connectivity index (χ1) is 25.4. The fourth-order valence-electron chi connectivity index (χ4n) is 6.80. The van der Waals surface area contributed by atoms with Gasteiger partial charge in [-0.25, -0.2) is 0 Å². The Morgan fingerprint density at radius 1 is 0.755 bits per heavy atom. The van der Waals surface area contributed by atoms with E-state index in [1.807, 2.05) is 25.6 Å². The number of thioether (sulfide) groups is 1. The van der Waals surface area contributed by atoms with E-state index in [0.29, 0.717) is 0 Å². The van der Waals surface area contributed by atoms with Gasteiger partial charge in [0.05, 0.1) is 0 Å². The molecular formula is C50H56PbS2+. The molecule has 0 unspecified atom stereocenters. The van der Waals surface area contributed by atoms with E-state index in [9.17, 15) is 0 Å². The molecule has 4 aromatic carbocycles. The maximum absolute atomic E-state index is 3.90. The van der Waals surface area contributed by atoms with Gasteiger partial charge in [-0.15, -0.1) is 0 Å². The van der Waals surface area contributed by atoms with Gasteiger partial charge < -0.3 is 0 Å². The summed E-state index contributed by atoms with van der Waals surface area (Å²) < 4.78 is 1.12. The van der Waals surface area contributed by atoms with Gasteiger partial charge in [-0.05, 0) is 11.6 Å². The summed E-state index contributed by atoms with van der Waals surface area (Å²) in [6.07, 6.45) is 17.7. The molecule has 271 valence electrons. The number of fused-ring (bicyclic) bond motifs is 1. The minimum absolute atomic E-state index is 0.0372. The predicted molar refractivity (Wildman–Crippen MR) is 241 cm³/mol. The van der Waals surface area contributed by atoms with Gasteiger partial charge in [-0.1, -0.05) is 74.1 Å². The van der Waals surface area contributed by atoms with Crippen LogP contribution in [0.2, 0.25) is 3.98 Å². The summed E-state index contributed by atoms with van der Waals surface area (Å²) in [6, 6.07) is 35.6. The van der Waals surface area contributed by atoms with Gasteiger partial charge in [0.2, 0.25) is 0 Å². The Kier molecular flexibility index (Phi) is 14.4. The summed E-state index contributed by atoms with van der Waals surface area (Å²) >= 11 is 6.90. The van der Waals surface area contributed by atoms with Crippen LogP contribution in [-0.4, -0.2) is 25.8 Å². The molecule has 6 rings (SSSR count).